The smallest absolute Gasteiger partial charge is 0.162 e. The first kappa shape index (κ1) is 18.8. The molecule has 0 radical (unpaired) electrons. The van der Waals surface area contributed by atoms with Gasteiger partial charge in [-0.1, -0.05) is 0 Å². The Kier molecular flexibility index (Phi) is 4.59. The Balaban J connectivity index is 1.51. The van der Waals surface area contributed by atoms with Gasteiger partial charge in [0, 0.05) is 22.7 Å². The molecule has 2 N–H and O–H groups in total. The number of methoxy groups -OCH3 is 3. The van der Waals surface area contributed by atoms with Crippen LogP contribution in [0.4, 0.5) is 11.5 Å². The Bertz CT molecular complexity index is 1390. The summed E-state index contributed by atoms with van der Waals surface area (Å²) in [5.74, 6) is 2.81. The van der Waals surface area contributed by atoms with Gasteiger partial charge in [0.2, 0.25) is 0 Å². The minimum Gasteiger partial charge on any atom is -0.497 e. The topological polar surface area (TPSA) is 85.7 Å². The number of ether oxygens (including phenoxy) is 3. The van der Waals surface area contributed by atoms with E-state index < -0.39 is 0 Å². The second-order valence-corrected chi connectivity index (χ2v) is 6.96. The van der Waals surface area contributed by atoms with Crippen molar-refractivity contribution < 1.29 is 14.2 Å². The van der Waals surface area contributed by atoms with Crippen LogP contribution >= 0.6 is 0 Å². The summed E-state index contributed by atoms with van der Waals surface area (Å²) in [5, 5.41) is 9.10. The van der Waals surface area contributed by atoms with Crippen molar-refractivity contribution in [3.05, 3.63) is 60.8 Å². The molecule has 3 heterocycles. The molecule has 0 fully saturated rings. The highest BCUT2D eigenvalue weighted by Gasteiger charge is 2.12. The predicted molar refractivity (Wildman–Crippen MR) is 120 cm³/mol. The zero-order valence-corrected chi connectivity index (χ0v) is 17.3. The van der Waals surface area contributed by atoms with E-state index in [0.29, 0.717) is 17.3 Å². The molecule has 0 atom stereocenters. The van der Waals surface area contributed by atoms with E-state index in [9.17, 15) is 0 Å². The average Bonchev–Trinajstić information content (AvgIpc) is 3.41. The lowest BCUT2D eigenvalue weighted by molar-refractivity contribution is 0.355. The van der Waals surface area contributed by atoms with Gasteiger partial charge in [0.15, 0.2) is 23.0 Å². The SMILES string of the molecule is COc1ccc2[nH]c(-c3cnc4ccc(Nc5ccc(OC)c(OC)c5)nn34)cc2c1. The summed E-state index contributed by atoms with van der Waals surface area (Å²) in [6.45, 7) is 0. The Labute approximate surface area is 178 Å². The number of benzene rings is 2. The number of nitrogens with one attached hydrogen (secondary N) is 2. The number of hydrogen-bond acceptors (Lipinski definition) is 6. The van der Waals surface area contributed by atoms with E-state index >= 15 is 0 Å². The molecule has 0 saturated heterocycles. The van der Waals surface area contributed by atoms with Crippen LogP contribution in [0.15, 0.2) is 60.8 Å². The van der Waals surface area contributed by atoms with Crippen LogP contribution in [0.2, 0.25) is 0 Å². The predicted octanol–water partition coefficient (Wildman–Crippen LogP) is 4.65. The third-order valence-corrected chi connectivity index (χ3v) is 5.12. The van der Waals surface area contributed by atoms with E-state index in [1.165, 1.54) is 0 Å². The van der Waals surface area contributed by atoms with Crippen molar-refractivity contribution in [2.45, 2.75) is 0 Å². The highest BCUT2D eigenvalue weighted by molar-refractivity contribution is 5.86. The second-order valence-electron chi connectivity index (χ2n) is 6.96. The highest BCUT2D eigenvalue weighted by Crippen LogP contribution is 2.31. The molecule has 0 aliphatic rings. The number of anilines is 2. The molecule has 5 rings (SSSR count). The number of aromatic amines is 1. The van der Waals surface area contributed by atoms with Gasteiger partial charge in [-0.2, -0.15) is 0 Å². The monoisotopic (exact) mass is 415 g/mol. The molecule has 0 spiro atoms. The maximum absolute atomic E-state index is 5.38. The Morgan fingerprint density at radius 3 is 2.55 bits per heavy atom. The van der Waals surface area contributed by atoms with Crippen LogP contribution in [0.25, 0.3) is 27.9 Å². The first-order chi connectivity index (χ1) is 15.2. The standard InChI is InChI=1S/C23H21N5O3/c1-29-16-5-6-17-14(10-16)11-18(26-17)19-13-24-23-9-8-22(27-28(19)23)25-15-4-7-20(30-2)21(12-15)31-3/h4-13,26H,1-3H3,(H,25,27). The van der Waals surface area contributed by atoms with Crippen LogP contribution in [0.1, 0.15) is 0 Å². The average molecular weight is 415 g/mol. The Morgan fingerprint density at radius 2 is 1.74 bits per heavy atom. The van der Waals surface area contributed by atoms with E-state index in [0.717, 1.165) is 39.4 Å². The molecular formula is C23H21N5O3. The van der Waals surface area contributed by atoms with Gasteiger partial charge in [0.05, 0.1) is 33.2 Å². The van der Waals surface area contributed by atoms with Gasteiger partial charge >= 0.3 is 0 Å². The van der Waals surface area contributed by atoms with Crippen LogP contribution in [0.5, 0.6) is 17.2 Å². The van der Waals surface area contributed by atoms with E-state index in [2.05, 4.69) is 21.4 Å². The fraction of sp³-hybridized carbons (Fsp3) is 0.130. The summed E-state index contributed by atoms with van der Waals surface area (Å²) in [6.07, 6.45) is 1.81. The van der Waals surface area contributed by atoms with Crippen molar-refractivity contribution in [3.63, 3.8) is 0 Å². The third kappa shape index (κ3) is 3.38. The molecule has 5 aromatic rings. The largest absolute Gasteiger partial charge is 0.497 e. The molecule has 3 aromatic heterocycles. The van der Waals surface area contributed by atoms with E-state index in [4.69, 9.17) is 19.3 Å². The molecule has 156 valence electrons. The molecule has 8 nitrogen and oxygen atoms in total. The molecule has 0 unspecified atom stereocenters. The fourth-order valence-corrected chi connectivity index (χ4v) is 3.56. The Hall–Kier alpha value is -4.20. The van der Waals surface area contributed by atoms with Crippen molar-refractivity contribution in [3.8, 4) is 28.6 Å². The van der Waals surface area contributed by atoms with Gasteiger partial charge in [0.1, 0.15) is 11.4 Å². The van der Waals surface area contributed by atoms with Crippen LogP contribution in [-0.4, -0.2) is 40.9 Å². The minimum absolute atomic E-state index is 0.644. The Morgan fingerprint density at radius 1 is 0.871 bits per heavy atom. The number of aromatic nitrogens is 4. The van der Waals surface area contributed by atoms with Crippen LogP contribution in [0.3, 0.4) is 0 Å². The van der Waals surface area contributed by atoms with Gasteiger partial charge in [-0.25, -0.2) is 9.50 Å². The second kappa shape index (κ2) is 7.56. The van der Waals surface area contributed by atoms with Crippen molar-refractivity contribution in [2.24, 2.45) is 0 Å². The van der Waals surface area contributed by atoms with Crippen molar-refractivity contribution in [2.75, 3.05) is 26.6 Å². The van der Waals surface area contributed by atoms with Gasteiger partial charge in [-0.15, -0.1) is 5.10 Å². The quantitative estimate of drug-likeness (QED) is 0.420. The third-order valence-electron chi connectivity index (χ3n) is 5.12. The minimum atomic E-state index is 0.644. The number of rotatable bonds is 6. The fourth-order valence-electron chi connectivity index (χ4n) is 3.56. The number of nitrogens with zero attached hydrogens (tertiary/aromatic N) is 3. The molecule has 8 heteroatoms. The summed E-state index contributed by atoms with van der Waals surface area (Å²) in [4.78, 5) is 7.92. The highest BCUT2D eigenvalue weighted by atomic mass is 16.5. The maximum Gasteiger partial charge on any atom is 0.162 e. The van der Waals surface area contributed by atoms with Crippen LogP contribution < -0.4 is 19.5 Å². The summed E-state index contributed by atoms with van der Waals surface area (Å²) in [6, 6.07) is 17.4. The maximum atomic E-state index is 5.38. The molecule has 0 saturated carbocycles. The summed E-state index contributed by atoms with van der Waals surface area (Å²) >= 11 is 0. The lowest BCUT2D eigenvalue weighted by Crippen LogP contribution is -2.01. The summed E-state index contributed by atoms with van der Waals surface area (Å²) in [7, 11) is 4.89. The number of hydrogen-bond donors (Lipinski definition) is 2. The molecule has 2 aromatic carbocycles. The van der Waals surface area contributed by atoms with Crippen LogP contribution in [0, 0.1) is 0 Å². The number of imidazole rings is 1. The number of H-pyrrole nitrogens is 1. The molecule has 0 bridgehead atoms. The molecular weight excluding hydrogens is 394 g/mol. The molecule has 31 heavy (non-hydrogen) atoms. The van der Waals surface area contributed by atoms with E-state index in [1.54, 1.807) is 21.3 Å². The molecule has 0 aliphatic heterocycles. The van der Waals surface area contributed by atoms with Crippen LogP contribution in [-0.2, 0) is 0 Å². The van der Waals surface area contributed by atoms with Crippen molar-refractivity contribution in [1.29, 1.82) is 0 Å². The zero-order chi connectivity index (χ0) is 21.4. The van der Waals surface area contributed by atoms with Gasteiger partial charge in [-0.3, -0.25) is 0 Å². The first-order valence-corrected chi connectivity index (χ1v) is 9.69. The van der Waals surface area contributed by atoms with Gasteiger partial charge in [0.25, 0.3) is 0 Å². The molecule has 0 amide bonds. The van der Waals surface area contributed by atoms with E-state index in [1.807, 2.05) is 59.2 Å². The van der Waals surface area contributed by atoms with Crippen molar-refractivity contribution in [1.82, 2.24) is 19.6 Å². The normalized spacial score (nSPS) is 11.1. The zero-order valence-electron chi connectivity index (χ0n) is 17.3. The number of fused-ring (bicyclic) bond motifs is 2. The van der Waals surface area contributed by atoms with E-state index in [-0.39, 0.29) is 0 Å². The lowest BCUT2D eigenvalue weighted by atomic mass is 10.2. The van der Waals surface area contributed by atoms with Crippen molar-refractivity contribution >= 4 is 28.1 Å². The first-order valence-electron chi connectivity index (χ1n) is 9.69. The van der Waals surface area contributed by atoms with Gasteiger partial charge < -0.3 is 24.5 Å². The lowest BCUT2D eigenvalue weighted by Gasteiger charge is -2.11. The van der Waals surface area contributed by atoms with Gasteiger partial charge in [-0.05, 0) is 48.5 Å². The summed E-state index contributed by atoms with van der Waals surface area (Å²) in [5.41, 5.74) is 4.39. The summed E-state index contributed by atoms with van der Waals surface area (Å²) < 4.78 is 17.8. The molecule has 0 aliphatic carbocycles.